The third kappa shape index (κ3) is 3.91. The van der Waals surface area contributed by atoms with Gasteiger partial charge in [0.05, 0.1) is 10.4 Å². The van der Waals surface area contributed by atoms with Crippen molar-refractivity contribution in [2.45, 2.75) is 17.7 Å². The van der Waals surface area contributed by atoms with Gasteiger partial charge in [-0.1, -0.05) is 11.2 Å². The molecule has 2 aromatic rings. The fraction of sp³-hybridized carbons (Fsp3) is 0.308. The van der Waals surface area contributed by atoms with Gasteiger partial charge in [0.1, 0.15) is 0 Å². The monoisotopic (exact) mass is 305 g/mol. The summed E-state index contributed by atoms with van der Waals surface area (Å²) < 4.78 is 27.2. The molecule has 110 valence electrons. The first kappa shape index (κ1) is 15.2. The predicted molar refractivity (Wildman–Crippen MR) is 80.2 cm³/mol. The predicted octanol–water partition coefficient (Wildman–Crippen LogP) is 2.60. The first-order valence-electron chi connectivity index (χ1n) is 6.49. The van der Waals surface area contributed by atoms with Gasteiger partial charge in [0.25, 0.3) is 0 Å². The van der Waals surface area contributed by atoms with E-state index in [0.717, 1.165) is 0 Å². The van der Waals surface area contributed by atoms with Crippen molar-refractivity contribution in [2.75, 3.05) is 13.1 Å². The molecule has 0 spiro atoms. The lowest BCUT2D eigenvalue weighted by Gasteiger charge is -2.08. The van der Waals surface area contributed by atoms with Crippen molar-refractivity contribution in [3.05, 3.63) is 47.0 Å². The molecule has 0 fully saturated rings. The summed E-state index contributed by atoms with van der Waals surface area (Å²) >= 11 is 0. The molecule has 8 heteroatoms. The van der Waals surface area contributed by atoms with E-state index in [0.29, 0.717) is 36.8 Å². The van der Waals surface area contributed by atoms with Crippen LogP contribution in [-0.4, -0.2) is 26.5 Å². The zero-order valence-electron chi connectivity index (χ0n) is 11.3. The van der Waals surface area contributed by atoms with Gasteiger partial charge >= 0.3 is 0 Å². The molecule has 0 amide bonds. The van der Waals surface area contributed by atoms with Crippen LogP contribution in [0.25, 0.3) is 21.3 Å². The van der Waals surface area contributed by atoms with Crippen molar-refractivity contribution in [1.82, 2.24) is 9.71 Å². The first-order valence-corrected chi connectivity index (χ1v) is 7.98. The summed E-state index contributed by atoms with van der Waals surface area (Å²) in [5.41, 5.74) is 8.78. The van der Waals surface area contributed by atoms with E-state index in [4.69, 9.17) is 5.53 Å². The van der Waals surface area contributed by atoms with Gasteiger partial charge < -0.3 is 0 Å². The highest BCUT2D eigenvalue weighted by atomic mass is 32.2. The maximum Gasteiger partial charge on any atom is 0.241 e. The van der Waals surface area contributed by atoms with E-state index in [1.165, 1.54) is 0 Å². The van der Waals surface area contributed by atoms with Crippen LogP contribution in [0.1, 0.15) is 12.8 Å². The van der Waals surface area contributed by atoms with Crippen LogP contribution in [0.2, 0.25) is 0 Å². The van der Waals surface area contributed by atoms with Crippen LogP contribution in [0.3, 0.4) is 0 Å². The highest BCUT2D eigenvalue weighted by molar-refractivity contribution is 7.89. The number of pyridine rings is 1. The molecule has 0 aliphatic rings. The largest absolute Gasteiger partial charge is 0.256 e. The molecule has 2 rings (SSSR count). The van der Waals surface area contributed by atoms with Crippen LogP contribution < -0.4 is 4.72 Å². The number of benzene rings is 1. The minimum absolute atomic E-state index is 0.225. The van der Waals surface area contributed by atoms with Gasteiger partial charge in [-0.05, 0) is 42.6 Å². The Morgan fingerprint density at radius 3 is 2.90 bits per heavy atom. The average Bonchev–Trinajstić information content (AvgIpc) is 2.50. The van der Waals surface area contributed by atoms with Crippen LogP contribution in [0.5, 0.6) is 0 Å². The Bertz CT molecular complexity index is 764. The van der Waals surface area contributed by atoms with Crippen molar-refractivity contribution in [2.24, 2.45) is 5.11 Å². The maximum absolute atomic E-state index is 12.3. The van der Waals surface area contributed by atoms with Crippen LogP contribution in [0.4, 0.5) is 0 Å². The van der Waals surface area contributed by atoms with Crippen LogP contribution in [0, 0.1) is 0 Å². The van der Waals surface area contributed by atoms with E-state index >= 15 is 0 Å². The van der Waals surface area contributed by atoms with E-state index < -0.39 is 10.0 Å². The first-order chi connectivity index (χ1) is 10.1. The van der Waals surface area contributed by atoms with Gasteiger partial charge in [-0.2, -0.15) is 0 Å². The number of fused-ring (bicyclic) bond motifs is 1. The molecule has 0 bridgehead atoms. The third-order valence-corrected chi connectivity index (χ3v) is 4.45. The number of hydrogen-bond donors (Lipinski definition) is 1. The summed E-state index contributed by atoms with van der Waals surface area (Å²) in [7, 11) is -3.57. The SMILES string of the molecule is [N-]=[N+]=NCCCCNS(=O)(=O)c1cccc2ncccc12. The van der Waals surface area contributed by atoms with Gasteiger partial charge in [0, 0.05) is 29.6 Å². The summed E-state index contributed by atoms with van der Waals surface area (Å²) in [6.45, 7) is 0.677. The second kappa shape index (κ2) is 7.03. The molecule has 0 unspecified atom stereocenters. The lowest BCUT2D eigenvalue weighted by atomic mass is 10.2. The highest BCUT2D eigenvalue weighted by Crippen LogP contribution is 2.20. The smallest absolute Gasteiger partial charge is 0.241 e. The molecule has 0 saturated heterocycles. The summed E-state index contributed by atoms with van der Waals surface area (Å²) in [5, 5.41) is 4.00. The molecule has 0 aliphatic carbocycles. The van der Waals surface area contributed by atoms with E-state index in [1.54, 1.807) is 36.5 Å². The minimum Gasteiger partial charge on any atom is -0.256 e. The average molecular weight is 305 g/mol. The quantitative estimate of drug-likeness (QED) is 0.367. The molecule has 21 heavy (non-hydrogen) atoms. The van der Waals surface area contributed by atoms with E-state index in [1.807, 2.05) is 0 Å². The Morgan fingerprint density at radius 2 is 2.10 bits per heavy atom. The van der Waals surface area contributed by atoms with Gasteiger partial charge in [-0.15, -0.1) is 0 Å². The van der Waals surface area contributed by atoms with E-state index in [2.05, 4.69) is 19.7 Å². The zero-order valence-corrected chi connectivity index (χ0v) is 12.1. The number of sulfonamides is 1. The number of azide groups is 1. The standard InChI is InChI=1S/C13H15N5O2S/c14-18-16-9-1-2-10-17-21(19,20)13-7-3-6-12-11(13)5-4-8-15-12/h3-8,17H,1-2,9-10H2. The topological polar surface area (TPSA) is 108 Å². The van der Waals surface area contributed by atoms with E-state index in [9.17, 15) is 8.42 Å². The molecular weight excluding hydrogens is 290 g/mol. The zero-order chi connectivity index (χ0) is 15.1. The maximum atomic E-state index is 12.3. The van der Waals surface area contributed by atoms with Gasteiger partial charge in [0.2, 0.25) is 10.0 Å². The molecule has 0 radical (unpaired) electrons. The highest BCUT2D eigenvalue weighted by Gasteiger charge is 2.16. The molecule has 0 aliphatic heterocycles. The Kier molecular flexibility index (Phi) is 5.10. The molecule has 1 aromatic heterocycles. The van der Waals surface area contributed by atoms with Crippen molar-refractivity contribution >= 4 is 20.9 Å². The molecular formula is C13H15N5O2S. The molecule has 1 aromatic carbocycles. The second-order valence-electron chi connectivity index (χ2n) is 4.39. The lowest BCUT2D eigenvalue weighted by Crippen LogP contribution is -2.25. The minimum atomic E-state index is -3.57. The Balaban J connectivity index is 2.09. The van der Waals surface area contributed by atoms with Crippen molar-refractivity contribution in [1.29, 1.82) is 0 Å². The number of unbranched alkanes of at least 4 members (excludes halogenated alkanes) is 1. The Hall–Kier alpha value is -2.15. The van der Waals surface area contributed by atoms with Crippen molar-refractivity contribution < 1.29 is 8.42 Å². The number of nitrogens with one attached hydrogen (secondary N) is 1. The van der Waals surface area contributed by atoms with Gasteiger partial charge in [-0.25, -0.2) is 13.1 Å². The van der Waals surface area contributed by atoms with Crippen LogP contribution in [-0.2, 0) is 10.0 Å². The third-order valence-electron chi connectivity index (χ3n) is 2.94. The summed E-state index contributed by atoms with van der Waals surface area (Å²) in [4.78, 5) is 7.02. The molecule has 0 saturated carbocycles. The summed E-state index contributed by atoms with van der Waals surface area (Å²) in [5.74, 6) is 0. The molecule has 0 atom stereocenters. The number of nitrogens with zero attached hydrogens (tertiary/aromatic N) is 4. The van der Waals surface area contributed by atoms with Crippen LogP contribution in [0.15, 0.2) is 46.5 Å². The number of aromatic nitrogens is 1. The molecule has 1 N–H and O–H groups in total. The van der Waals surface area contributed by atoms with Gasteiger partial charge in [-0.3, -0.25) is 4.98 Å². The summed E-state index contributed by atoms with van der Waals surface area (Å²) in [6, 6.07) is 8.45. The number of hydrogen-bond acceptors (Lipinski definition) is 4. The number of rotatable bonds is 7. The lowest BCUT2D eigenvalue weighted by molar-refractivity contribution is 0.578. The van der Waals surface area contributed by atoms with Crippen LogP contribution >= 0.6 is 0 Å². The van der Waals surface area contributed by atoms with Crippen molar-refractivity contribution in [3.63, 3.8) is 0 Å². The second-order valence-corrected chi connectivity index (χ2v) is 6.12. The molecule has 1 heterocycles. The fourth-order valence-electron chi connectivity index (χ4n) is 1.95. The van der Waals surface area contributed by atoms with E-state index in [-0.39, 0.29) is 4.90 Å². The summed E-state index contributed by atoms with van der Waals surface area (Å²) in [6.07, 6.45) is 2.88. The van der Waals surface area contributed by atoms with Gasteiger partial charge in [0.15, 0.2) is 0 Å². The fourth-order valence-corrected chi connectivity index (χ4v) is 3.23. The Labute approximate surface area is 122 Å². The normalized spacial score (nSPS) is 11.2. The Morgan fingerprint density at radius 1 is 1.24 bits per heavy atom. The van der Waals surface area contributed by atoms with Crippen molar-refractivity contribution in [3.8, 4) is 0 Å². The molecule has 7 nitrogen and oxygen atoms in total.